The first-order valence-corrected chi connectivity index (χ1v) is 20.7. The Hall–Kier alpha value is -5.16. The van der Waals surface area contributed by atoms with Crippen molar-refractivity contribution in [2.75, 3.05) is 13.6 Å². The van der Waals surface area contributed by atoms with E-state index in [0.29, 0.717) is 55.0 Å². The molecule has 0 aliphatic heterocycles. The first kappa shape index (κ1) is 44.0. The van der Waals surface area contributed by atoms with Gasteiger partial charge in [-0.15, -0.1) is 0 Å². The third-order valence-corrected chi connectivity index (χ3v) is 12.2. The predicted octanol–water partition coefficient (Wildman–Crippen LogP) is 10.0. The number of hydrogen-bond acceptors (Lipinski definition) is 14. The van der Waals surface area contributed by atoms with Gasteiger partial charge in [0.1, 0.15) is 11.5 Å². The molecule has 300 valence electrons. The van der Waals surface area contributed by atoms with Gasteiger partial charge in [0.05, 0.1) is 0 Å². The third-order valence-electron chi connectivity index (χ3n) is 8.33. The minimum atomic E-state index is -1.24. The number of carbonyl (C=O) groups is 6. The maximum absolute atomic E-state index is 13.5. The highest BCUT2D eigenvalue weighted by atomic mass is 32.2. The van der Waals surface area contributed by atoms with Crippen molar-refractivity contribution in [2.24, 2.45) is 11.8 Å². The highest BCUT2D eigenvalue weighted by Gasteiger charge is 2.36. The lowest BCUT2D eigenvalue weighted by molar-refractivity contribution is -0.148. The third kappa shape index (κ3) is 13.2. The summed E-state index contributed by atoms with van der Waals surface area (Å²) in [5, 5.41) is -0.626. The van der Waals surface area contributed by atoms with Crippen LogP contribution in [-0.2, 0) is 28.7 Å². The Morgan fingerprint density at radius 3 is 1.12 bits per heavy atom. The van der Waals surface area contributed by atoms with E-state index >= 15 is 0 Å². The fourth-order valence-electron chi connectivity index (χ4n) is 5.40. The molecular formula is C42H34F2O10S4. The van der Waals surface area contributed by atoms with Gasteiger partial charge in [-0.3, -0.25) is 19.2 Å². The molecule has 10 nitrogen and oxygen atoms in total. The first-order chi connectivity index (χ1) is 27.9. The van der Waals surface area contributed by atoms with Crippen LogP contribution in [0.2, 0.25) is 0 Å². The minimum absolute atomic E-state index is 0.0850. The molecule has 1 aliphatic rings. The van der Waals surface area contributed by atoms with Gasteiger partial charge < -0.3 is 18.9 Å². The Kier molecular flexibility index (Phi) is 16.3. The van der Waals surface area contributed by atoms with Gasteiger partial charge in [0.25, 0.3) is 0 Å². The summed E-state index contributed by atoms with van der Waals surface area (Å²) in [4.78, 5) is 77.7. The lowest BCUT2D eigenvalue weighted by Crippen LogP contribution is -2.30. The summed E-state index contributed by atoms with van der Waals surface area (Å²) in [7, 11) is 0. The molecule has 1 fully saturated rings. The summed E-state index contributed by atoms with van der Waals surface area (Å²) in [5.41, 5.74) is 0.799. The van der Waals surface area contributed by atoms with Crippen LogP contribution in [0.4, 0.5) is 8.78 Å². The largest absolute Gasteiger partial charge is 0.457 e. The molecule has 0 radical (unpaired) electrons. The summed E-state index contributed by atoms with van der Waals surface area (Å²) in [6, 6.07) is 26.3. The van der Waals surface area contributed by atoms with Gasteiger partial charge in [-0.05, 0) is 133 Å². The molecule has 58 heavy (non-hydrogen) atoms. The molecular weight excluding hydrogens is 831 g/mol. The molecule has 0 unspecified atom stereocenters. The van der Waals surface area contributed by atoms with Gasteiger partial charge in [-0.1, -0.05) is 49.5 Å². The van der Waals surface area contributed by atoms with Crippen molar-refractivity contribution in [1.29, 1.82) is 0 Å². The monoisotopic (exact) mass is 864 g/mol. The summed E-state index contributed by atoms with van der Waals surface area (Å²) >= 11 is 4.19. The molecule has 2 atom stereocenters. The zero-order valence-corrected chi connectivity index (χ0v) is 33.8. The van der Waals surface area contributed by atoms with Crippen LogP contribution in [0.5, 0.6) is 11.5 Å². The van der Waals surface area contributed by atoms with Gasteiger partial charge in [-0.25, -0.2) is 9.59 Å². The summed E-state index contributed by atoms with van der Waals surface area (Å²) in [5.74, 6) is -5.17. The van der Waals surface area contributed by atoms with Gasteiger partial charge in [-0.2, -0.15) is 8.78 Å². The van der Waals surface area contributed by atoms with E-state index in [9.17, 15) is 37.5 Å². The summed E-state index contributed by atoms with van der Waals surface area (Å²) < 4.78 is 44.9. The second-order valence-corrected chi connectivity index (χ2v) is 16.6. The molecule has 1 aliphatic carbocycles. The van der Waals surface area contributed by atoms with E-state index in [1.807, 2.05) is 0 Å². The molecule has 4 aromatic rings. The number of ether oxygens (including phenoxy) is 4. The first-order valence-electron chi connectivity index (χ1n) is 17.4. The van der Waals surface area contributed by atoms with Crippen molar-refractivity contribution in [2.45, 2.75) is 45.3 Å². The van der Waals surface area contributed by atoms with Crippen molar-refractivity contribution in [3.05, 3.63) is 133 Å². The van der Waals surface area contributed by atoms with E-state index in [1.165, 1.54) is 24.3 Å². The minimum Gasteiger partial charge on any atom is -0.457 e. The van der Waals surface area contributed by atoms with Crippen LogP contribution in [0.3, 0.4) is 0 Å². The average molecular weight is 865 g/mol. The lowest BCUT2D eigenvalue weighted by Gasteiger charge is -2.28. The predicted molar refractivity (Wildman–Crippen MR) is 217 cm³/mol. The highest BCUT2D eigenvalue weighted by molar-refractivity contribution is 8.15. The van der Waals surface area contributed by atoms with E-state index < -0.39 is 49.0 Å². The molecule has 0 spiro atoms. The normalized spacial score (nSPS) is 14.7. The average Bonchev–Trinajstić information content (AvgIpc) is 3.22. The summed E-state index contributed by atoms with van der Waals surface area (Å²) in [6.45, 7) is 4.65. The fourth-order valence-corrected chi connectivity index (χ4v) is 8.75. The van der Waals surface area contributed by atoms with Crippen LogP contribution in [0.1, 0.15) is 46.4 Å². The molecule has 0 amide bonds. The van der Waals surface area contributed by atoms with Crippen molar-refractivity contribution in [3.8, 4) is 11.5 Å². The van der Waals surface area contributed by atoms with Gasteiger partial charge >= 0.3 is 11.9 Å². The van der Waals surface area contributed by atoms with Gasteiger partial charge in [0.2, 0.25) is 35.5 Å². The van der Waals surface area contributed by atoms with Crippen molar-refractivity contribution >= 4 is 79.4 Å². The molecule has 1 saturated carbocycles. The Morgan fingerprint density at radius 1 is 0.500 bits per heavy atom. The van der Waals surface area contributed by atoms with Crippen LogP contribution in [0.25, 0.3) is 0 Å². The fraction of sp³-hybridized carbons (Fsp3) is 0.190. The van der Waals surface area contributed by atoms with E-state index in [2.05, 4.69) is 22.6 Å². The number of benzene rings is 4. The Morgan fingerprint density at radius 2 is 0.810 bits per heavy atom. The standard InChI is InChI=1S/C42H34F2O10S4/c1-25(43)37(45)53-23-51-29-11-7-27(8-12-29)39(47)55-31-15-19-33(20-16-31)57-41(49)35-5-3-4-6-36(35)42(50)58-34-21-17-32(18-22-34)56-40(48)28-9-13-30(14-10-28)52-24-54-38(46)26(2)44/h7-22,35-36H,1-6,23-24H2/t35-,36-/m0/s1. The van der Waals surface area contributed by atoms with Crippen LogP contribution in [-0.4, -0.2) is 46.0 Å². The smallest absolute Gasteiger partial charge is 0.369 e. The molecule has 16 heteroatoms. The number of carbonyl (C=O) groups excluding carboxylic acids is 6. The van der Waals surface area contributed by atoms with Gasteiger partial charge in [0, 0.05) is 42.5 Å². The van der Waals surface area contributed by atoms with Crippen LogP contribution < -0.4 is 9.47 Å². The van der Waals surface area contributed by atoms with E-state index in [1.54, 1.807) is 72.8 Å². The van der Waals surface area contributed by atoms with Crippen LogP contribution >= 0.6 is 47.0 Å². The number of thioether (sulfide) groups is 4. The topological polar surface area (TPSA) is 139 Å². The Bertz CT molecular complexity index is 2010. The molecule has 0 saturated heterocycles. The second kappa shape index (κ2) is 21.6. The molecule has 0 bridgehead atoms. The van der Waals surface area contributed by atoms with E-state index in [0.717, 1.165) is 59.9 Å². The zero-order valence-electron chi connectivity index (χ0n) is 30.5. The zero-order chi connectivity index (χ0) is 41.6. The number of rotatable bonds is 16. The molecule has 4 aromatic carbocycles. The number of hydrogen-bond donors (Lipinski definition) is 0. The molecule has 0 aromatic heterocycles. The number of esters is 2. The summed E-state index contributed by atoms with van der Waals surface area (Å²) in [6.07, 6.45) is 2.92. The molecule has 0 heterocycles. The van der Waals surface area contributed by atoms with Crippen LogP contribution in [0, 0.1) is 11.8 Å². The molecule has 5 rings (SSSR count). The van der Waals surface area contributed by atoms with Crippen molar-refractivity contribution in [1.82, 2.24) is 0 Å². The van der Waals surface area contributed by atoms with E-state index in [-0.39, 0.29) is 20.5 Å². The second-order valence-electron chi connectivity index (χ2n) is 12.3. The van der Waals surface area contributed by atoms with Crippen LogP contribution in [0.15, 0.2) is 141 Å². The maximum Gasteiger partial charge on any atom is 0.369 e. The van der Waals surface area contributed by atoms with Crippen molar-refractivity contribution in [3.63, 3.8) is 0 Å². The van der Waals surface area contributed by atoms with E-state index in [4.69, 9.17) is 9.47 Å². The lowest BCUT2D eigenvalue weighted by atomic mass is 9.81. The highest BCUT2D eigenvalue weighted by Crippen LogP contribution is 2.40. The quantitative estimate of drug-likeness (QED) is 0.0457. The SMILES string of the molecule is C=C(F)C(=O)OCOc1ccc(C(=O)Sc2ccc(SC(=O)[C@H]3CCCC[C@@H]3C(=O)Sc3ccc(SC(=O)c4ccc(OCOC(=O)C(=C)F)cc4)cc3)cc2)cc1. The Balaban J connectivity index is 1.08. The number of halogens is 2. The van der Waals surface area contributed by atoms with Crippen molar-refractivity contribution < 1.29 is 56.5 Å². The Labute approximate surface area is 349 Å². The van der Waals surface area contributed by atoms with Gasteiger partial charge in [0.15, 0.2) is 10.2 Å². The maximum atomic E-state index is 13.5. The molecule has 0 N–H and O–H groups in total.